The van der Waals surface area contributed by atoms with E-state index in [1.54, 1.807) is 27.1 Å². The Morgan fingerprint density at radius 1 is 1.61 bits per heavy atom. The molecule has 0 N–H and O–H groups in total. The minimum Gasteiger partial charge on any atom is -0.466 e. The molecule has 0 saturated carbocycles. The zero-order valence-corrected chi connectivity index (χ0v) is 12.9. The van der Waals surface area contributed by atoms with Gasteiger partial charge in [-0.05, 0) is 29.8 Å². The number of esters is 1. The summed E-state index contributed by atoms with van der Waals surface area (Å²) in [6, 6.07) is -0.223. The van der Waals surface area contributed by atoms with Crippen molar-refractivity contribution in [2.45, 2.75) is 26.3 Å². The molecule has 1 atom stereocenters. The maximum Gasteiger partial charge on any atom is 0.307 e. The van der Waals surface area contributed by atoms with Gasteiger partial charge in [0, 0.05) is 13.1 Å². The van der Waals surface area contributed by atoms with Crippen LogP contribution in [0.2, 0.25) is 0 Å². The van der Waals surface area contributed by atoms with Crippen molar-refractivity contribution < 1.29 is 14.3 Å². The second-order valence-corrected chi connectivity index (χ2v) is 6.15. The van der Waals surface area contributed by atoms with Gasteiger partial charge in [-0.15, -0.1) is 11.3 Å². The molecule has 1 aromatic heterocycles. The number of ether oxygens (including phenoxy) is 1. The first-order chi connectivity index (χ1) is 8.45. The summed E-state index contributed by atoms with van der Waals surface area (Å²) in [4.78, 5) is 28.9. The van der Waals surface area contributed by atoms with E-state index in [2.05, 4.69) is 20.9 Å². The van der Waals surface area contributed by atoms with Crippen LogP contribution in [-0.4, -0.2) is 41.5 Å². The van der Waals surface area contributed by atoms with Crippen LogP contribution in [0.25, 0.3) is 0 Å². The van der Waals surface area contributed by atoms with E-state index in [0.29, 0.717) is 11.6 Å². The predicted molar refractivity (Wildman–Crippen MR) is 72.6 cm³/mol. The Labute approximate surface area is 118 Å². The lowest BCUT2D eigenvalue weighted by atomic mass is 10.2. The minimum absolute atomic E-state index is 0.183. The van der Waals surface area contributed by atoms with Gasteiger partial charge in [0.25, 0.3) is 5.91 Å². The molecule has 0 aliphatic carbocycles. The molecular formula is C11H15BrN2O3S. The molecule has 1 aromatic rings. The molecule has 0 radical (unpaired) electrons. The lowest BCUT2D eigenvalue weighted by Crippen LogP contribution is -2.36. The standard InChI is InChI=1S/C11H15BrN2O3S/c1-4-17-9(15)5-7(2)14(3)11(16)10-13-6-8(12)18-10/h6-7H,4-5H2,1-3H3/t7-/m0/s1. The van der Waals surface area contributed by atoms with Crippen LogP contribution in [0.1, 0.15) is 30.1 Å². The molecule has 0 saturated heterocycles. The van der Waals surface area contributed by atoms with Gasteiger partial charge in [-0.2, -0.15) is 0 Å². The fourth-order valence-corrected chi connectivity index (χ4v) is 2.49. The van der Waals surface area contributed by atoms with Gasteiger partial charge < -0.3 is 9.64 Å². The number of hydrogen-bond donors (Lipinski definition) is 0. The lowest BCUT2D eigenvalue weighted by molar-refractivity contribution is -0.144. The molecule has 0 aromatic carbocycles. The van der Waals surface area contributed by atoms with E-state index in [4.69, 9.17) is 4.74 Å². The van der Waals surface area contributed by atoms with E-state index in [1.165, 1.54) is 16.2 Å². The Morgan fingerprint density at radius 3 is 2.78 bits per heavy atom. The van der Waals surface area contributed by atoms with Crippen LogP contribution in [0.4, 0.5) is 0 Å². The molecule has 1 amide bonds. The van der Waals surface area contributed by atoms with E-state index in [-0.39, 0.29) is 24.3 Å². The van der Waals surface area contributed by atoms with Crippen molar-refractivity contribution in [1.82, 2.24) is 9.88 Å². The molecule has 0 aliphatic rings. The molecule has 0 fully saturated rings. The molecule has 5 nitrogen and oxygen atoms in total. The van der Waals surface area contributed by atoms with Crippen molar-refractivity contribution >= 4 is 39.1 Å². The number of thiazole rings is 1. The number of carbonyl (C=O) groups excluding carboxylic acids is 2. The number of amides is 1. The Kier molecular flexibility index (Phi) is 5.74. The third kappa shape index (κ3) is 4.06. The Hall–Kier alpha value is -0.950. The molecule has 0 bridgehead atoms. The Morgan fingerprint density at radius 2 is 2.28 bits per heavy atom. The number of carbonyl (C=O) groups is 2. The predicted octanol–water partition coefficient (Wildman–Crippen LogP) is 2.32. The van der Waals surface area contributed by atoms with E-state index in [9.17, 15) is 9.59 Å². The van der Waals surface area contributed by atoms with Gasteiger partial charge in [-0.3, -0.25) is 9.59 Å². The Balaban J connectivity index is 2.60. The zero-order chi connectivity index (χ0) is 13.7. The maximum atomic E-state index is 12.0. The van der Waals surface area contributed by atoms with Crippen LogP contribution in [-0.2, 0) is 9.53 Å². The van der Waals surface area contributed by atoms with E-state index < -0.39 is 0 Å². The first-order valence-corrected chi connectivity index (χ1v) is 7.10. The first-order valence-electron chi connectivity index (χ1n) is 5.49. The van der Waals surface area contributed by atoms with Crippen molar-refractivity contribution in [3.8, 4) is 0 Å². The Bertz CT molecular complexity index is 436. The number of halogens is 1. The van der Waals surface area contributed by atoms with Crippen LogP contribution < -0.4 is 0 Å². The van der Waals surface area contributed by atoms with Crippen molar-refractivity contribution in [2.75, 3.05) is 13.7 Å². The topological polar surface area (TPSA) is 59.5 Å². The summed E-state index contributed by atoms with van der Waals surface area (Å²) in [5, 5.41) is 0.403. The average Bonchev–Trinajstić information content (AvgIpc) is 2.74. The van der Waals surface area contributed by atoms with Gasteiger partial charge in [0.1, 0.15) is 0 Å². The summed E-state index contributed by atoms with van der Waals surface area (Å²) in [7, 11) is 1.65. The van der Waals surface area contributed by atoms with E-state index in [0.717, 1.165) is 3.79 Å². The largest absolute Gasteiger partial charge is 0.466 e. The summed E-state index contributed by atoms with van der Waals surface area (Å²) < 4.78 is 5.66. The third-order valence-corrected chi connectivity index (χ3v) is 3.87. The molecule has 1 heterocycles. The van der Waals surface area contributed by atoms with Gasteiger partial charge in [-0.1, -0.05) is 0 Å². The second-order valence-electron chi connectivity index (χ2n) is 3.74. The molecular weight excluding hydrogens is 320 g/mol. The minimum atomic E-state index is -0.301. The summed E-state index contributed by atoms with van der Waals surface area (Å²) in [6.07, 6.45) is 1.77. The van der Waals surface area contributed by atoms with Gasteiger partial charge in [0.15, 0.2) is 5.01 Å². The summed E-state index contributed by atoms with van der Waals surface area (Å²) >= 11 is 4.53. The fraction of sp³-hybridized carbons (Fsp3) is 0.545. The van der Waals surface area contributed by atoms with E-state index >= 15 is 0 Å². The smallest absolute Gasteiger partial charge is 0.307 e. The highest BCUT2D eigenvalue weighted by Gasteiger charge is 2.22. The molecule has 0 spiro atoms. The second kappa shape index (κ2) is 6.84. The van der Waals surface area contributed by atoms with Crippen LogP contribution >= 0.6 is 27.3 Å². The SMILES string of the molecule is CCOC(=O)C[C@H](C)N(C)C(=O)c1ncc(Br)s1. The van der Waals surface area contributed by atoms with Crippen molar-refractivity contribution in [3.63, 3.8) is 0 Å². The molecule has 18 heavy (non-hydrogen) atoms. The highest BCUT2D eigenvalue weighted by Crippen LogP contribution is 2.21. The average molecular weight is 335 g/mol. The van der Waals surface area contributed by atoms with Gasteiger partial charge in [-0.25, -0.2) is 4.98 Å². The normalized spacial score (nSPS) is 12.0. The van der Waals surface area contributed by atoms with Crippen LogP contribution in [0.5, 0.6) is 0 Å². The fourth-order valence-electron chi connectivity index (χ4n) is 1.30. The summed E-state index contributed by atoms with van der Waals surface area (Å²) in [5.74, 6) is -0.493. The first kappa shape index (κ1) is 15.1. The molecule has 7 heteroatoms. The van der Waals surface area contributed by atoms with Crippen molar-refractivity contribution in [1.29, 1.82) is 0 Å². The van der Waals surface area contributed by atoms with E-state index in [1.807, 2.05) is 0 Å². The quantitative estimate of drug-likeness (QED) is 0.775. The van der Waals surface area contributed by atoms with Crippen LogP contribution in [0.15, 0.2) is 9.98 Å². The molecule has 1 rings (SSSR count). The van der Waals surface area contributed by atoms with Gasteiger partial charge in [0.05, 0.1) is 23.0 Å². The summed E-state index contributed by atoms with van der Waals surface area (Å²) in [5.41, 5.74) is 0. The lowest BCUT2D eigenvalue weighted by Gasteiger charge is -2.23. The zero-order valence-electron chi connectivity index (χ0n) is 10.5. The monoisotopic (exact) mass is 334 g/mol. The maximum absolute atomic E-state index is 12.0. The summed E-state index contributed by atoms with van der Waals surface area (Å²) in [6.45, 7) is 3.91. The third-order valence-electron chi connectivity index (χ3n) is 2.41. The highest BCUT2D eigenvalue weighted by molar-refractivity contribution is 9.11. The number of hydrogen-bond acceptors (Lipinski definition) is 5. The highest BCUT2D eigenvalue weighted by atomic mass is 79.9. The van der Waals surface area contributed by atoms with Gasteiger partial charge in [0.2, 0.25) is 0 Å². The van der Waals surface area contributed by atoms with Crippen molar-refractivity contribution in [3.05, 3.63) is 15.0 Å². The molecule has 0 aliphatic heterocycles. The van der Waals surface area contributed by atoms with Crippen LogP contribution in [0.3, 0.4) is 0 Å². The van der Waals surface area contributed by atoms with Gasteiger partial charge >= 0.3 is 5.97 Å². The number of rotatable bonds is 5. The van der Waals surface area contributed by atoms with Crippen LogP contribution in [0, 0.1) is 0 Å². The molecule has 100 valence electrons. The van der Waals surface area contributed by atoms with Crippen molar-refractivity contribution in [2.24, 2.45) is 0 Å². The number of aromatic nitrogens is 1. The number of nitrogens with zero attached hydrogens (tertiary/aromatic N) is 2. The molecule has 0 unspecified atom stereocenters.